The van der Waals surface area contributed by atoms with Crippen molar-refractivity contribution in [2.75, 3.05) is 12.3 Å². The van der Waals surface area contributed by atoms with E-state index in [1.54, 1.807) is 4.57 Å². The smallest absolute Gasteiger partial charge is 0.222 e. The molecule has 2 aromatic heterocycles. The number of nitrogens with zero attached hydrogens (tertiary/aromatic N) is 7. The highest BCUT2D eigenvalue weighted by Crippen LogP contribution is 2.38. The van der Waals surface area contributed by atoms with Crippen molar-refractivity contribution < 1.29 is 14.9 Å². The molecule has 0 amide bonds. The van der Waals surface area contributed by atoms with Crippen LogP contribution in [0.2, 0.25) is 0 Å². The van der Waals surface area contributed by atoms with Gasteiger partial charge in [-0.25, -0.2) is 9.97 Å². The highest BCUT2D eigenvalue weighted by Gasteiger charge is 2.48. The summed E-state index contributed by atoms with van der Waals surface area (Å²) in [7, 11) is 0. The molecule has 0 unspecified atom stereocenters. The molecule has 11 heteroatoms. The van der Waals surface area contributed by atoms with E-state index in [9.17, 15) is 10.2 Å². The van der Waals surface area contributed by atoms with Gasteiger partial charge in [-0.3, -0.25) is 4.57 Å². The fourth-order valence-corrected chi connectivity index (χ4v) is 2.30. The van der Waals surface area contributed by atoms with Crippen LogP contribution in [0.5, 0.6) is 0 Å². The average molecular weight is 292 g/mol. The fraction of sp³-hybridized carbons (Fsp3) is 0.500. The van der Waals surface area contributed by atoms with Crippen molar-refractivity contribution in [1.82, 2.24) is 19.5 Å². The fourth-order valence-electron chi connectivity index (χ4n) is 2.30. The van der Waals surface area contributed by atoms with Gasteiger partial charge >= 0.3 is 0 Å². The maximum Gasteiger partial charge on any atom is 0.222 e. The second-order valence-corrected chi connectivity index (χ2v) is 4.61. The van der Waals surface area contributed by atoms with Gasteiger partial charge in [-0.1, -0.05) is 5.11 Å². The Labute approximate surface area is 117 Å². The van der Waals surface area contributed by atoms with Gasteiger partial charge in [0.1, 0.15) is 11.7 Å². The van der Waals surface area contributed by atoms with Crippen molar-refractivity contribution >= 4 is 17.1 Å². The molecule has 0 aliphatic carbocycles. The lowest BCUT2D eigenvalue weighted by Gasteiger charge is -2.24. The summed E-state index contributed by atoms with van der Waals surface area (Å²) in [5.41, 5.74) is 13.3. The van der Waals surface area contributed by atoms with Gasteiger partial charge in [0.05, 0.1) is 25.2 Å². The predicted octanol–water partition coefficient (Wildman–Crippen LogP) is -0.313. The van der Waals surface area contributed by atoms with E-state index in [0.29, 0.717) is 11.2 Å². The summed E-state index contributed by atoms with van der Waals surface area (Å²) >= 11 is 0. The molecule has 1 aliphatic rings. The summed E-state index contributed by atoms with van der Waals surface area (Å²) in [6.07, 6.45) is 1.18. The summed E-state index contributed by atoms with van der Waals surface area (Å²) in [5, 5.41) is 22.8. The quantitative estimate of drug-likeness (QED) is 0.395. The van der Waals surface area contributed by atoms with Gasteiger partial charge in [0, 0.05) is 11.3 Å². The molecule has 0 spiro atoms. The maximum atomic E-state index is 10.0. The molecule has 0 aromatic carbocycles. The third kappa shape index (κ3) is 2.04. The highest BCUT2D eigenvalue weighted by atomic mass is 16.6. The number of imidazole rings is 1. The number of azide groups is 1. The second-order valence-electron chi connectivity index (χ2n) is 4.61. The minimum Gasteiger partial charge on any atom is -0.393 e. The van der Waals surface area contributed by atoms with Gasteiger partial charge in [-0.05, 0) is 5.53 Å². The van der Waals surface area contributed by atoms with Crippen LogP contribution in [0.15, 0.2) is 17.6 Å². The van der Waals surface area contributed by atoms with Crippen molar-refractivity contribution in [3.05, 3.63) is 23.0 Å². The Morgan fingerprint density at radius 2 is 2.43 bits per heavy atom. The molecule has 3 heterocycles. The number of hydrogen-bond acceptors (Lipinski definition) is 8. The first-order valence-corrected chi connectivity index (χ1v) is 6.07. The molecule has 2 aromatic rings. The molecule has 21 heavy (non-hydrogen) atoms. The Hall–Kier alpha value is -2.46. The molecule has 0 saturated carbocycles. The van der Waals surface area contributed by atoms with Crippen LogP contribution in [0, 0.1) is 0 Å². The van der Waals surface area contributed by atoms with Crippen molar-refractivity contribution in [3.8, 4) is 0 Å². The number of fused-ring (bicyclic) bond motifs is 1. The number of nitrogen functional groups attached to an aromatic ring is 1. The largest absolute Gasteiger partial charge is 0.393 e. The van der Waals surface area contributed by atoms with Crippen LogP contribution in [-0.4, -0.2) is 48.2 Å². The molecular weight excluding hydrogens is 280 g/mol. The van der Waals surface area contributed by atoms with Gasteiger partial charge in [0.2, 0.25) is 5.95 Å². The molecule has 3 rings (SSSR count). The van der Waals surface area contributed by atoms with Gasteiger partial charge < -0.3 is 20.7 Å². The number of aromatic nitrogens is 4. The Morgan fingerprint density at radius 1 is 1.62 bits per heavy atom. The Kier molecular flexibility index (Phi) is 3.11. The topological polar surface area (TPSA) is 168 Å². The van der Waals surface area contributed by atoms with E-state index < -0.39 is 24.7 Å². The zero-order valence-electron chi connectivity index (χ0n) is 10.7. The molecule has 3 atom stereocenters. The zero-order valence-corrected chi connectivity index (χ0v) is 10.7. The normalized spacial score (nSPS) is 28.7. The van der Waals surface area contributed by atoms with Crippen LogP contribution in [0.25, 0.3) is 21.6 Å². The van der Waals surface area contributed by atoms with E-state index in [-0.39, 0.29) is 12.4 Å². The van der Waals surface area contributed by atoms with Crippen molar-refractivity contribution in [2.45, 2.75) is 24.5 Å². The lowest BCUT2D eigenvalue weighted by Crippen LogP contribution is -2.40. The lowest BCUT2D eigenvalue weighted by molar-refractivity contribution is -0.122. The highest BCUT2D eigenvalue weighted by molar-refractivity contribution is 5.70. The Bertz CT molecular complexity index is 726. The van der Waals surface area contributed by atoms with Gasteiger partial charge in [-0.2, -0.15) is 4.98 Å². The van der Waals surface area contributed by atoms with Crippen LogP contribution >= 0.6 is 0 Å². The molecule has 1 saturated heterocycles. The third-order valence-electron chi connectivity index (χ3n) is 3.37. The molecular formula is C10H12N8O3. The summed E-state index contributed by atoms with van der Waals surface area (Å²) in [4.78, 5) is 14.6. The van der Waals surface area contributed by atoms with Crippen LogP contribution in [0.3, 0.4) is 0 Å². The Morgan fingerprint density at radius 3 is 3.14 bits per heavy atom. The molecule has 110 valence electrons. The van der Waals surface area contributed by atoms with E-state index in [1.807, 2.05) is 0 Å². The van der Waals surface area contributed by atoms with Crippen molar-refractivity contribution in [1.29, 1.82) is 0 Å². The van der Waals surface area contributed by atoms with Crippen molar-refractivity contribution in [2.24, 2.45) is 5.11 Å². The first kappa shape index (κ1) is 13.5. The van der Waals surface area contributed by atoms with E-state index in [2.05, 4.69) is 25.0 Å². The van der Waals surface area contributed by atoms with Crippen LogP contribution in [0.1, 0.15) is 12.6 Å². The standard InChI is InChI=1S/C10H12N8O3/c11-9-13-2-5-8(15-9)18(4-14-5)7-1-6(20)10(3-19,21-7)16-17-12/h2,4,6-7,19-20H,1,3H2,(H2,11,13,15)/t6-,7+,10+/m0/s1. The average Bonchev–Trinajstić information content (AvgIpc) is 3.01. The number of ether oxygens (including phenoxy) is 1. The van der Waals surface area contributed by atoms with E-state index in [1.165, 1.54) is 12.5 Å². The van der Waals surface area contributed by atoms with Gasteiger partial charge in [0.15, 0.2) is 11.4 Å². The first-order valence-electron chi connectivity index (χ1n) is 6.07. The first-order chi connectivity index (χ1) is 10.1. The summed E-state index contributed by atoms with van der Waals surface area (Å²) in [6, 6.07) is 0. The predicted molar refractivity (Wildman–Crippen MR) is 69.4 cm³/mol. The molecule has 1 fully saturated rings. The number of hydrogen-bond donors (Lipinski definition) is 3. The monoisotopic (exact) mass is 292 g/mol. The maximum absolute atomic E-state index is 10.0. The van der Waals surface area contributed by atoms with E-state index >= 15 is 0 Å². The molecule has 0 bridgehead atoms. The zero-order chi connectivity index (χ0) is 15.0. The third-order valence-corrected chi connectivity index (χ3v) is 3.37. The molecule has 1 aliphatic heterocycles. The molecule has 0 radical (unpaired) electrons. The Balaban J connectivity index is 2.01. The minimum atomic E-state index is -1.71. The lowest BCUT2D eigenvalue weighted by atomic mass is 10.1. The van der Waals surface area contributed by atoms with E-state index in [0.717, 1.165) is 0 Å². The minimum absolute atomic E-state index is 0.0752. The summed E-state index contributed by atoms with van der Waals surface area (Å²) in [6.45, 7) is -0.640. The number of aliphatic hydroxyl groups excluding tert-OH is 2. The summed E-state index contributed by atoms with van der Waals surface area (Å²) < 4.78 is 7.09. The summed E-state index contributed by atoms with van der Waals surface area (Å²) in [5.74, 6) is 0.0752. The number of nitrogens with two attached hydrogens (primary N) is 1. The number of anilines is 1. The molecule has 4 N–H and O–H groups in total. The van der Waals surface area contributed by atoms with Crippen molar-refractivity contribution in [3.63, 3.8) is 0 Å². The number of rotatable bonds is 3. The second kappa shape index (κ2) is 4.82. The van der Waals surface area contributed by atoms with Gasteiger partial charge in [-0.15, -0.1) is 0 Å². The van der Waals surface area contributed by atoms with Crippen LogP contribution in [-0.2, 0) is 4.74 Å². The van der Waals surface area contributed by atoms with Crippen LogP contribution < -0.4 is 5.73 Å². The van der Waals surface area contributed by atoms with Gasteiger partial charge in [0.25, 0.3) is 0 Å². The van der Waals surface area contributed by atoms with Crippen LogP contribution in [0.4, 0.5) is 5.95 Å². The SMILES string of the molecule is [N-]=[N+]=N[C@]1(CO)O[C@@H](n2cnc3cnc(N)nc32)C[C@@H]1O. The molecule has 11 nitrogen and oxygen atoms in total. The number of aliphatic hydroxyl groups is 2. The van der Waals surface area contributed by atoms with E-state index in [4.69, 9.17) is 16.0 Å².